The number of carbonyl (C=O) groups is 1. The Morgan fingerprint density at radius 1 is 1.21 bits per heavy atom. The van der Waals surface area contributed by atoms with Crippen LogP contribution in [-0.4, -0.2) is 11.1 Å². The number of anilines is 1. The Bertz CT molecular complexity index is 1040. The van der Waals surface area contributed by atoms with Gasteiger partial charge in [0.05, 0.1) is 10.6 Å². The molecule has 3 aromatic rings. The average molecular weight is 479 g/mol. The number of rotatable bonds is 7. The first-order valence-electron chi connectivity index (χ1n) is 8.77. The van der Waals surface area contributed by atoms with Crippen LogP contribution in [0.2, 0.25) is 5.02 Å². The topological polar surface area (TPSA) is 58.6 Å². The summed E-state index contributed by atoms with van der Waals surface area (Å²) in [5.41, 5.74) is 2.73. The van der Waals surface area contributed by atoms with Gasteiger partial charge in [-0.15, -0.1) is 0 Å². The van der Waals surface area contributed by atoms with Crippen molar-refractivity contribution in [2.45, 2.75) is 20.1 Å². The number of hydrogen-bond donors (Lipinski definition) is 2. The number of benzene rings is 3. The van der Waals surface area contributed by atoms with Gasteiger partial charge in [0, 0.05) is 27.8 Å². The second kappa shape index (κ2) is 9.29. The smallest absolute Gasteiger partial charge is 0.336 e. The monoisotopic (exact) mass is 477 g/mol. The molecular formula is C22H18BrClFNO3. The zero-order valence-corrected chi connectivity index (χ0v) is 17.8. The van der Waals surface area contributed by atoms with Crippen LogP contribution in [0.1, 0.15) is 27.0 Å². The number of aromatic carboxylic acids is 1. The predicted octanol–water partition coefficient (Wildman–Crippen LogP) is 6.44. The molecule has 3 rings (SSSR count). The number of ether oxygens (including phenoxy) is 1. The SMILES string of the molecule is Cc1c(NCc2cc(Br)ccc2OCc2c(F)cccc2Cl)cccc1C(=O)O. The van der Waals surface area contributed by atoms with E-state index in [1.165, 1.54) is 6.07 Å². The Hall–Kier alpha value is -2.57. The molecular weight excluding hydrogens is 461 g/mol. The Labute approximate surface area is 181 Å². The van der Waals surface area contributed by atoms with E-state index in [0.29, 0.717) is 34.1 Å². The Morgan fingerprint density at radius 3 is 2.69 bits per heavy atom. The lowest BCUT2D eigenvalue weighted by Gasteiger charge is -2.16. The van der Waals surface area contributed by atoms with Crippen molar-refractivity contribution in [3.63, 3.8) is 0 Å². The van der Waals surface area contributed by atoms with Crippen LogP contribution in [0.4, 0.5) is 10.1 Å². The highest BCUT2D eigenvalue weighted by atomic mass is 79.9. The summed E-state index contributed by atoms with van der Waals surface area (Å²) in [6.45, 7) is 2.14. The lowest BCUT2D eigenvalue weighted by molar-refractivity contribution is 0.0696. The Morgan fingerprint density at radius 2 is 1.97 bits per heavy atom. The summed E-state index contributed by atoms with van der Waals surface area (Å²) in [5.74, 6) is -0.818. The number of nitrogens with one attached hydrogen (secondary N) is 1. The Kier molecular flexibility index (Phi) is 6.77. The van der Waals surface area contributed by atoms with Gasteiger partial charge in [-0.25, -0.2) is 9.18 Å². The van der Waals surface area contributed by atoms with Gasteiger partial charge in [-0.05, 0) is 55.0 Å². The molecule has 0 radical (unpaired) electrons. The first-order valence-corrected chi connectivity index (χ1v) is 9.95. The number of hydrogen-bond acceptors (Lipinski definition) is 3. The number of halogens is 3. The fourth-order valence-corrected chi connectivity index (χ4v) is 3.52. The molecule has 7 heteroatoms. The van der Waals surface area contributed by atoms with Crippen molar-refractivity contribution < 1.29 is 19.0 Å². The van der Waals surface area contributed by atoms with Gasteiger partial charge in [0.15, 0.2) is 0 Å². The van der Waals surface area contributed by atoms with Gasteiger partial charge in [-0.3, -0.25) is 0 Å². The van der Waals surface area contributed by atoms with Crippen LogP contribution < -0.4 is 10.1 Å². The third kappa shape index (κ3) is 5.08. The lowest BCUT2D eigenvalue weighted by atomic mass is 10.1. The molecule has 0 atom stereocenters. The number of carboxylic acid groups (broad SMARTS) is 1. The molecule has 0 aromatic heterocycles. The summed E-state index contributed by atoms with van der Waals surface area (Å²) in [7, 11) is 0. The molecule has 0 saturated carbocycles. The van der Waals surface area contributed by atoms with E-state index in [-0.39, 0.29) is 12.2 Å². The molecule has 0 heterocycles. The summed E-state index contributed by atoms with van der Waals surface area (Å²) < 4.78 is 20.7. The molecule has 0 unspecified atom stereocenters. The van der Waals surface area contributed by atoms with Gasteiger partial charge in [0.2, 0.25) is 0 Å². The van der Waals surface area contributed by atoms with E-state index >= 15 is 0 Å². The molecule has 0 amide bonds. The fourth-order valence-electron chi connectivity index (χ4n) is 2.90. The molecule has 0 spiro atoms. The van der Waals surface area contributed by atoms with E-state index in [4.69, 9.17) is 16.3 Å². The fraction of sp³-hybridized carbons (Fsp3) is 0.136. The van der Waals surface area contributed by atoms with Crippen molar-refractivity contribution in [2.24, 2.45) is 0 Å². The van der Waals surface area contributed by atoms with Crippen LogP contribution >= 0.6 is 27.5 Å². The van der Waals surface area contributed by atoms with Crippen molar-refractivity contribution >= 4 is 39.2 Å². The molecule has 0 bridgehead atoms. The molecule has 0 aliphatic rings. The highest BCUT2D eigenvalue weighted by Gasteiger charge is 2.13. The minimum Gasteiger partial charge on any atom is -0.488 e. The minimum atomic E-state index is -0.973. The maximum atomic E-state index is 14.0. The van der Waals surface area contributed by atoms with Gasteiger partial charge < -0.3 is 15.2 Å². The van der Waals surface area contributed by atoms with Gasteiger partial charge >= 0.3 is 5.97 Å². The molecule has 29 heavy (non-hydrogen) atoms. The maximum absolute atomic E-state index is 14.0. The second-order valence-electron chi connectivity index (χ2n) is 6.38. The number of carboxylic acids is 1. The van der Waals surface area contributed by atoms with Crippen molar-refractivity contribution in [3.8, 4) is 5.75 Å². The molecule has 2 N–H and O–H groups in total. The van der Waals surface area contributed by atoms with Gasteiger partial charge in [0.25, 0.3) is 0 Å². The first kappa shape index (κ1) is 21.1. The maximum Gasteiger partial charge on any atom is 0.336 e. The highest BCUT2D eigenvalue weighted by molar-refractivity contribution is 9.10. The predicted molar refractivity (Wildman–Crippen MR) is 115 cm³/mol. The van der Waals surface area contributed by atoms with E-state index in [2.05, 4.69) is 21.2 Å². The molecule has 0 aliphatic heterocycles. The molecule has 4 nitrogen and oxygen atoms in total. The van der Waals surface area contributed by atoms with Crippen LogP contribution in [0.15, 0.2) is 59.1 Å². The summed E-state index contributed by atoms with van der Waals surface area (Å²) in [4.78, 5) is 11.3. The summed E-state index contributed by atoms with van der Waals surface area (Å²) in [6, 6.07) is 15.1. The van der Waals surface area contributed by atoms with Crippen molar-refractivity contribution in [1.29, 1.82) is 0 Å². The Balaban J connectivity index is 1.79. The van der Waals surface area contributed by atoms with Crippen molar-refractivity contribution in [1.82, 2.24) is 0 Å². The van der Waals surface area contributed by atoms with E-state index in [0.717, 1.165) is 10.0 Å². The van der Waals surface area contributed by atoms with Crippen LogP contribution in [0, 0.1) is 12.7 Å². The van der Waals surface area contributed by atoms with Crippen LogP contribution in [0.5, 0.6) is 5.75 Å². The summed E-state index contributed by atoms with van der Waals surface area (Å²) >= 11 is 9.52. The van der Waals surface area contributed by atoms with Gasteiger partial charge in [-0.2, -0.15) is 0 Å². The zero-order valence-electron chi connectivity index (χ0n) is 15.5. The standard InChI is InChI=1S/C22H18BrClFNO3/c1-13-16(22(27)28)4-2-7-20(13)26-11-14-10-15(23)8-9-21(14)29-12-17-18(24)5-3-6-19(17)25/h2-10,26H,11-12H2,1H3,(H,27,28). The lowest BCUT2D eigenvalue weighted by Crippen LogP contribution is -2.07. The normalized spacial score (nSPS) is 10.6. The van der Waals surface area contributed by atoms with E-state index in [1.54, 1.807) is 37.3 Å². The van der Waals surface area contributed by atoms with Crippen molar-refractivity contribution in [2.75, 3.05) is 5.32 Å². The van der Waals surface area contributed by atoms with Crippen molar-refractivity contribution in [3.05, 3.63) is 92.2 Å². The summed E-state index contributed by atoms with van der Waals surface area (Å²) in [5, 5.41) is 12.8. The second-order valence-corrected chi connectivity index (χ2v) is 7.70. The molecule has 0 saturated heterocycles. The van der Waals surface area contributed by atoms with Crippen LogP contribution in [-0.2, 0) is 13.2 Å². The minimum absolute atomic E-state index is 0.00628. The van der Waals surface area contributed by atoms with Gasteiger partial charge in [-0.1, -0.05) is 39.7 Å². The average Bonchev–Trinajstić information content (AvgIpc) is 2.67. The van der Waals surface area contributed by atoms with Crippen LogP contribution in [0.3, 0.4) is 0 Å². The van der Waals surface area contributed by atoms with E-state index < -0.39 is 11.8 Å². The quantitative estimate of drug-likeness (QED) is 0.410. The third-order valence-corrected chi connectivity index (χ3v) is 5.34. The molecule has 150 valence electrons. The zero-order chi connectivity index (χ0) is 21.0. The third-order valence-electron chi connectivity index (χ3n) is 4.49. The highest BCUT2D eigenvalue weighted by Crippen LogP contribution is 2.28. The van der Waals surface area contributed by atoms with Gasteiger partial charge in [0.1, 0.15) is 18.2 Å². The van der Waals surface area contributed by atoms with E-state index in [1.807, 2.05) is 18.2 Å². The van der Waals surface area contributed by atoms with E-state index in [9.17, 15) is 14.3 Å². The summed E-state index contributed by atoms with van der Waals surface area (Å²) in [6.07, 6.45) is 0. The molecule has 0 aliphatic carbocycles. The van der Waals surface area contributed by atoms with Crippen LogP contribution in [0.25, 0.3) is 0 Å². The first-order chi connectivity index (χ1) is 13.9. The largest absolute Gasteiger partial charge is 0.488 e. The molecule has 3 aromatic carbocycles. The molecule has 0 fully saturated rings.